The molecule has 2 aliphatic carbocycles. The number of hydrogen-bond donors (Lipinski definition) is 3. The van der Waals surface area contributed by atoms with Crippen molar-refractivity contribution in [2.45, 2.75) is 51.5 Å². The predicted octanol–water partition coefficient (Wildman–Crippen LogP) is 3.47. The molecule has 1 aliphatic heterocycles. The van der Waals surface area contributed by atoms with Gasteiger partial charge in [0.25, 0.3) is 5.91 Å². The van der Waals surface area contributed by atoms with E-state index in [2.05, 4.69) is 28.5 Å². The summed E-state index contributed by atoms with van der Waals surface area (Å²) in [6, 6.07) is 4.23. The number of carbonyl (C=O) groups is 1. The van der Waals surface area contributed by atoms with Crippen molar-refractivity contribution in [1.29, 1.82) is 0 Å². The summed E-state index contributed by atoms with van der Waals surface area (Å²) in [6.45, 7) is 4.44. The molecule has 3 fully saturated rings. The molecule has 1 aromatic carbocycles. The van der Waals surface area contributed by atoms with E-state index in [1.54, 1.807) is 0 Å². The molecule has 1 saturated heterocycles. The zero-order valence-corrected chi connectivity index (χ0v) is 16.1. The second-order valence-electron chi connectivity index (χ2n) is 8.64. The zero-order chi connectivity index (χ0) is 18.3. The van der Waals surface area contributed by atoms with Crippen molar-refractivity contribution in [2.24, 2.45) is 17.8 Å². The van der Waals surface area contributed by atoms with Crippen LogP contribution in [-0.2, 0) is 0 Å². The van der Waals surface area contributed by atoms with Gasteiger partial charge >= 0.3 is 0 Å². The van der Waals surface area contributed by atoms with E-state index in [4.69, 9.17) is 5.73 Å². The lowest BCUT2D eigenvalue weighted by molar-refractivity contribution is 0.0923. The SMILES string of the molecule is CNc1cc(N2CC3CCC3C2)c(C(=O)N[C@H]2CC[C@H](C)CC2)cc1N. The van der Waals surface area contributed by atoms with Crippen molar-refractivity contribution in [1.82, 2.24) is 5.32 Å². The molecule has 0 radical (unpaired) electrons. The van der Waals surface area contributed by atoms with Crippen LogP contribution in [-0.4, -0.2) is 32.1 Å². The van der Waals surface area contributed by atoms with Crippen LogP contribution in [0.15, 0.2) is 12.1 Å². The first-order valence-corrected chi connectivity index (χ1v) is 10.2. The summed E-state index contributed by atoms with van der Waals surface area (Å²) in [7, 11) is 1.88. The fraction of sp³-hybridized carbons (Fsp3) is 0.667. The molecule has 2 atom stereocenters. The van der Waals surface area contributed by atoms with Gasteiger partial charge in [-0.15, -0.1) is 0 Å². The number of nitrogen functional groups attached to an aromatic ring is 1. The highest BCUT2D eigenvalue weighted by molar-refractivity contribution is 6.02. The quantitative estimate of drug-likeness (QED) is 0.723. The summed E-state index contributed by atoms with van der Waals surface area (Å²) >= 11 is 0. The minimum absolute atomic E-state index is 0.0353. The maximum absolute atomic E-state index is 13.1. The van der Waals surface area contributed by atoms with Crippen LogP contribution in [0.5, 0.6) is 0 Å². The van der Waals surface area contributed by atoms with Gasteiger partial charge in [-0.05, 0) is 68.4 Å². The number of nitrogens with one attached hydrogen (secondary N) is 2. The highest BCUT2D eigenvalue weighted by Gasteiger charge is 2.40. The van der Waals surface area contributed by atoms with Crippen molar-refractivity contribution in [2.75, 3.05) is 36.1 Å². The Morgan fingerprint density at radius 1 is 1.08 bits per heavy atom. The summed E-state index contributed by atoms with van der Waals surface area (Å²) in [5.74, 6) is 2.43. The second-order valence-corrected chi connectivity index (χ2v) is 8.64. The van der Waals surface area contributed by atoms with E-state index in [-0.39, 0.29) is 5.91 Å². The van der Waals surface area contributed by atoms with Crippen molar-refractivity contribution >= 4 is 23.0 Å². The molecule has 4 rings (SSSR count). The third kappa shape index (κ3) is 3.24. The number of benzene rings is 1. The molecular formula is C21H32N4O. The number of rotatable bonds is 4. The van der Waals surface area contributed by atoms with E-state index in [1.807, 2.05) is 13.1 Å². The van der Waals surface area contributed by atoms with Crippen LogP contribution in [0.2, 0.25) is 0 Å². The molecule has 0 bridgehead atoms. The van der Waals surface area contributed by atoms with Crippen LogP contribution in [0.1, 0.15) is 55.8 Å². The van der Waals surface area contributed by atoms with Gasteiger partial charge in [-0.1, -0.05) is 6.92 Å². The standard InChI is InChI=1S/C21H32N4O/c1-13-3-7-16(8-4-13)24-21(26)17-9-18(22)19(23-2)10-20(17)25-11-14-5-6-15(14)12-25/h9-10,13-16,23H,3-8,11-12,22H2,1-2H3,(H,24,26)/t13-,14?,15?,16-. The summed E-state index contributed by atoms with van der Waals surface area (Å²) in [5.41, 5.74) is 9.52. The Balaban J connectivity index is 1.57. The zero-order valence-electron chi connectivity index (χ0n) is 16.1. The number of fused-ring (bicyclic) bond motifs is 1. The van der Waals surface area contributed by atoms with Gasteiger partial charge in [0.1, 0.15) is 0 Å². The smallest absolute Gasteiger partial charge is 0.253 e. The molecule has 4 N–H and O–H groups in total. The van der Waals surface area contributed by atoms with Gasteiger partial charge in [0.15, 0.2) is 0 Å². The Labute approximate surface area is 156 Å². The molecule has 5 heteroatoms. The Hall–Kier alpha value is -1.91. The minimum atomic E-state index is 0.0353. The Morgan fingerprint density at radius 2 is 1.73 bits per heavy atom. The van der Waals surface area contributed by atoms with E-state index in [9.17, 15) is 4.79 Å². The first-order valence-electron chi connectivity index (χ1n) is 10.2. The van der Waals surface area contributed by atoms with Gasteiger partial charge in [-0.25, -0.2) is 0 Å². The molecule has 2 unspecified atom stereocenters. The number of anilines is 3. The molecule has 0 aromatic heterocycles. The summed E-state index contributed by atoms with van der Waals surface area (Å²) < 4.78 is 0. The summed E-state index contributed by atoms with van der Waals surface area (Å²) in [6.07, 6.45) is 7.23. The van der Waals surface area contributed by atoms with E-state index < -0.39 is 0 Å². The number of nitrogens with two attached hydrogens (primary N) is 1. The Morgan fingerprint density at radius 3 is 2.31 bits per heavy atom. The third-order valence-corrected chi connectivity index (χ3v) is 6.86. The Kier molecular flexibility index (Phi) is 4.72. The van der Waals surface area contributed by atoms with Crippen LogP contribution < -0.4 is 21.3 Å². The molecule has 2 saturated carbocycles. The van der Waals surface area contributed by atoms with Crippen molar-refractivity contribution in [3.8, 4) is 0 Å². The molecule has 3 aliphatic rings. The topological polar surface area (TPSA) is 70.4 Å². The van der Waals surface area contributed by atoms with Gasteiger partial charge in [-0.3, -0.25) is 4.79 Å². The van der Waals surface area contributed by atoms with Gasteiger partial charge in [-0.2, -0.15) is 0 Å². The van der Waals surface area contributed by atoms with Crippen molar-refractivity contribution in [3.05, 3.63) is 17.7 Å². The van der Waals surface area contributed by atoms with Crippen molar-refractivity contribution < 1.29 is 4.79 Å². The van der Waals surface area contributed by atoms with Crippen molar-refractivity contribution in [3.63, 3.8) is 0 Å². The summed E-state index contributed by atoms with van der Waals surface area (Å²) in [5, 5.41) is 6.45. The number of nitrogens with zero attached hydrogens (tertiary/aromatic N) is 1. The van der Waals surface area contributed by atoms with Crippen LogP contribution in [0.4, 0.5) is 17.1 Å². The lowest BCUT2D eigenvalue weighted by Gasteiger charge is -2.28. The lowest BCUT2D eigenvalue weighted by atomic mass is 9.77. The van der Waals surface area contributed by atoms with Gasteiger partial charge in [0, 0.05) is 26.2 Å². The largest absolute Gasteiger partial charge is 0.397 e. The fourth-order valence-corrected chi connectivity index (χ4v) is 4.89. The highest BCUT2D eigenvalue weighted by atomic mass is 16.1. The van der Waals surface area contributed by atoms with E-state index >= 15 is 0 Å². The molecule has 142 valence electrons. The van der Waals surface area contributed by atoms with Crippen LogP contribution in [0, 0.1) is 17.8 Å². The Bertz CT molecular complexity index is 669. The maximum atomic E-state index is 13.1. The first-order chi connectivity index (χ1) is 12.5. The van der Waals surface area contributed by atoms with Crippen LogP contribution in [0.3, 0.4) is 0 Å². The first kappa shape index (κ1) is 17.5. The molecular weight excluding hydrogens is 324 g/mol. The van der Waals surface area contributed by atoms with E-state index in [1.165, 1.54) is 25.7 Å². The van der Waals surface area contributed by atoms with E-state index in [0.29, 0.717) is 11.7 Å². The van der Waals surface area contributed by atoms with Crippen LogP contribution in [0.25, 0.3) is 0 Å². The molecule has 5 nitrogen and oxygen atoms in total. The lowest BCUT2D eigenvalue weighted by Crippen LogP contribution is -2.38. The predicted molar refractivity (Wildman–Crippen MR) is 108 cm³/mol. The molecule has 1 aromatic rings. The number of hydrogen-bond acceptors (Lipinski definition) is 4. The molecule has 1 heterocycles. The summed E-state index contributed by atoms with van der Waals surface area (Å²) in [4.78, 5) is 15.5. The third-order valence-electron chi connectivity index (χ3n) is 6.86. The minimum Gasteiger partial charge on any atom is -0.397 e. The molecule has 1 amide bonds. The van der Waals surface area contributed by atoms with Gasteiger partial charge < -0.3 is 21.3 Å². The average Bonchev–Trinajstić information content (AvgIpc) is 2.91. The normalized spacial score (nSPS) is 30.5. The molecule has 0 spiro atoms. The maximum Gasteiger partial charge on any atom is 0.253 e. The van der Waals surface area contributed by atoms with Crippen LogP contribution >= 0.6 is 0 Å². The van der Waals surface area contributed by atoms with E-state index in [0.717, 1.165) is 60.6 Å². The average molecular weight is 357 g/mol. The highest BCUT2D eigenvalue weighted by Crippen LogP contribution is 2.43. The number of amides is 1. The second kappa shape index (κ2) is 7.01. The molecule has 26 heavy (non-hydrogen) atoms. The monoisotopic (exact) mass is 356 g/mol. The van der Waals surface area contributed by atoms with Gasteiger partial charge in [0.2, 0.25) is 0 Å². The number of carbonyl (C=O) groups excluding carboxylic acids is 1. The fourth-order valence-electron chi connectivity index (χ4n) is 4.89. The van der Waals surface area contributed by atoms with Gasteiger partial charge in [0.05, 0.1) is 22.6 Å².